The lowest BCUT2D eigenvalue weighted by Gasteiger charge is -2.21. The third-order valence-electron chi connectivity index (χ3n) is 2.63. The lowest BCUT2D eigenvalue weighted by molar-refractivity contribution is 0.0920. The van der Waals surface area contributed by atoms with Gasteiger partial charge >= 0.3 is 0 Å². The SMILES string of the molecule is COCCC(O)C(CN)c1ccc(Cl)cc1. The van der Waals surface area contributed by atoms with Crippen LogP contribution in [0.2, 0.25) is 5.02 Å². The second-order valence-electron chi connectivity index (χ2n) is 3.74. The Kier molecular flexibility index (Phi) is 5.77. The molecule has 0 radical (unpaired) electrons. The number of aliphatic hydroxyl groups excluding tert-OH is 1. The Labute approximate surface area is 101 Å². The first kappa shape index (κ1) is 13.5. The molecule has 3 N–H and O–H groups in total. The van der Waals surface area contributed by atoms with Crippen molar-refractivity contribution in [2.24, 2.45) is 5.73 Å². The first-order chi connectivity index (χ1) is 7.69. The molecule has 16 heavy (non-hydrogen) atoms. The predicted molar refractivity (Wildman–Crippen MR) is 65.7 cm³/mol. The minimum absolute atomic E-state index is 0.0626. The third-order valence-corrected chi connectivity index (χ3v) is 2.89. The summed E-state index contributed by atoms with van der Waals surface area (Å²) in [6, 6.07) is 7.41. The minimum atomic E-state index is -0.480. The Morgan fingerprint density at radius 3 is 2.50 bits per heavy atom. The fraction of sp³-hybridized carbons (Fsp3) is 0.500. The number of aliphatic hydroxyl groups is 1. The summed E-state index contributed by atoms with van der Waals surface area (Å²) >= 11 is 5.81. The van der Waals surface area contributed by atoms with Gasteiger partial charge in [-0.3, -0.25) is 0 Å². The summed E-state index contributed by atoms with van der Waals surface area (Å²) in [5.41, 5.74) is 6.69. The fourth-order valence-corrected chi connectivity index (χ4v) is 1.79. The summed E-state index contributed by atoms with van der Waals surface area (Å²) in [4.78, 5) is 0. The van der Waals surface area contributed by atoms with Crippen LogP contribution in [0.4, 0.5) is 0 Å². The molecule has 0 aliphatic rings. The van der Waals surface area contributed by atoms with E-state index in [0.717, 1.165) is 5.56 Å². The van der Waals surface area contributed by atoms with Gasteiger partial charge in [0.15, 0.2) is 0 Å². The normalized spacial score (nSPS) is 14.8. The van der Waals surface area contributed by atoms with E-state index < -0.39 is 6.10 Å². The first-order valence-corrected chi connectivity index (χ1v) is 5.69. The van der Waals surface area contributed by atoms with Gasteiger partial charge in [-0.1, -0.05) is 23.7 Å². The Hall–Kier alpha value is -0.610. The molecular weight excluding hydrogens is 226 g/mol. The fourth-order valence-electron chi connectivity index (χ4n) is 1.67. The third kappa shape index (κ3) is 3.76. The van der Waals surface area contributed by atoms with Gasteiger partial charge in [-0.05, 0) is 24.1 Å². The second-order valence-corrected chi connectivity index (χ2v) is 4.18. The molecule has 0 fully saturated rings. The van der Waals surface area contributed by atoms with Crippen LogP contribution in [0.3, 0.4) is 0 Å². The van der Waals surface area contributed by atoms with Crippen LogP contribution in [-0.4, -0.2) is 31.5 Å². The number of hydrogen-bond acceptors (Lipinski definition) is 3. The maximum Gasteiger partial charge on any atom is 0.0642 e. The van der Waals surface area contributed by atoms with Crippen LogP contribution in [-0.2, 0) is 4.74 Å². The molecule has 0 saturated heterocycles. The van der Waals surface area contributed by atoms with E-state index in [1.54, 1.807) is 7.11 Å². The molecule has 1 aromatic rings. The van der Waals surface area contributed by atoms with E-state index in [0.29, 0.717) is 24.6 Å². The standard InChI is InChI=1S/C12H18ClNO2/c1-16-7-6-12(15)11(8-14)9-2-4-10(13)5-3-9/h2-5,11-12,15H,6-8,14H2,1H3. The number of hydrogen-bond donors (Lipinski definition) is 2. The molecule has 0 heterocycles. The van der Waals surface area contributed by atoms with E-state index in [4.69, 9.17) is 22.1 Å². The number of nitrogens with two attached hydrogens (primary N) is 1. The molecule has 0 aromatic heterocycles. The van der Waals surface area contributed by atoms with E-state index in [-0.39, 0.29) is 5.92 Å². The van der Waals surface area contributed by atoms with E-state index in [2.05, 4.69) is 0 Å². The molecule has 0 aliphatic heterocycles. The van der Waals surface area contributed by atoms with Gasteiger partial charge in [0, 0.05) is 31.2 Å². The van der Waals surface area contributed by atoms with Crippen molar-refractivity contribution in [3.63, 3.8) is 0 Å². The van der Waals surface area contributed by atoms with E-state index >= 15 is 0 Å². The molecular formula is C12H18ClNO2. The summed E-state index contributed by atoms with van der Waals surface area (Å²) in [5.74, 6) is -0.0626. The summed E-state index contributed by atoms with van der Waals surface area (Å²) in [5, 5.41) is 10.7. The second kappa shape index (κ2) is 6.86. The molecule has 2 unspecified atom stereocenters. The van der Waals surface area contributed by atoms with Gasteiger partial charge in [0.25, 0.3) is 0 Å². The van der Waals surface area contributed by atoms with Crippen LogP contribution in [0.15, 0.2) is 24.3 Å². The van der Waals surface area contributed by atoms with Crippen molar-refractivity contribution >= 4 is 11.6 Å². The Bertz CT molecular complexity index is 302. The van der Waals surface area contributed by atoms with Gasteiger partial charge in [-0.25, -0.2) is 0 Å². The van der Waals surface area contributed by atoms with Gasteiger partial charge in [0.05, 0.1) is 6.10 Å². The Balaban J connectivity index is 2.69. The maximum atomic E-state index is 9.97. The Morgan fingerprint density at radius 2 is 2.00 bits per heavy atom. The number of methoxy groups -OCH3 is 1. The molecule has 0 spiro atoms. The van der Waals surface area contributed by atoms with Crippen molar-refractivity contribution in [1.82, 2.24) is 0 Å². The number of ether oxygens (including phenoxy) is 1. The molecule has 90 valence electrons. The van der Waals surface area contributed by atoms with Gasteiger partial charge in [-0.2, -0.15) is 0 Å². The van der Waals surface area contributed by atoms with Crippen LogP contribution in [0.1, 0.15) is 17.9 Å². The summed E-state index contributed by atoms with van der Waals surface area (Å²) < 4.78 is 4.94. The van der Waals surface area contributed by atoms with E-state index in [9.17, 15) is 5.11 Å². The van der Waals surface area contributed by atoms with Crippen molar-refractivity contribution in [3.8, 4) is 0 Å². The topological polar surface area (TPSA) is 55.5 Å². The van der Waals surface area contributed by atoms with Gasteiger partial charge in [0.2, 0.25) is 0 Å². The quantitative estimate of drug-likeness (QED) is 0.801. The van der Waals surface area contributed by atoms with Crippen LogP contribution in [0.25, 0.3) is 0 Å². The average Bonchev–Trinajstić information content (AvgIpc) is 2.30. The van der Waals surface area contributed by atoms with Crippen molar-refractivity contribution < 1.29 is 9.84 Å². The number of rotatable bonds is 6. The summed E-state index contributed by atoms with van der Waals surface area (Å²) in [6.07, 6.45) is 0.104. The number of benzene rings is 1. The molecule has 4 heteroatoms. The highest BCUT2D eigenvalue weighted by molar-refractivity contribution is 6.30. The van der Waals surface area contributed by atoms with Crippen molar-refractivity contribution in [1.29, 1.82) is 0 Å². The molecule has 2 atom stereocenters. The molecule has 1 aromatic carbocycles. The van der Waals surface area contributed by atoms with Crippen LogP contribution < -0.4 is 5.73 Å². The highest BCUT2D eigenvalue weighted by atomic mass is 35.5. The van der Waals surface area contributed by atoms with Crippen molar-refractivity contribution in [2.75, 3.05) is 20.3 Å². The minimum Gasteiger partial charge on any atom is -0.392 e. The van der Waals surface area contributed by atoms with Crippen LogP contribution in [0, 0.1) is 0 Å². The highest BCUT2D eigenvalue weighted by Gasteiger charge is 2.19. The van der Waals surface area contributed by atoms with Gasteiger partial charge in [0.1, 0.15) is 0 Å². The van der Waals surface area contributed by atoms with E-state index in [1.165, 1.54) is 0 Å². The maximum absolute atomic E-state index is 9.97. The van der Waals surface area contributed by atoms with Crippen molar-refractivity contribution in [2.45, 2.75) is 18.4 Å². The lowest BCUT2D eigenvalue weighted by atomic mass is 9.92. The van der Waals surface area contributed by atoms with Gasteiger partial charge < -0.3 is 15.6 Å². The summed E-state index contributed by atoms with van der Waals surface area (Å²) in [6.45, 7) is 0.942. The smallest absolute Gasteiger partial charge is 0.0642 e. The predicted octanol–water partition coefficient (Wildman–Crippen LogP) is 1.78. The highest BCUT2D eigenvalue weighted by Crippen LogP contribution is 2.22. The average molecular weight is 244 g/mol. The molecule has 3 nitrogen and oxygen atoms in total. The zero-order valence-electron chi connectivity index (χ0n) is 9.40. The van der Waals surface area contributed by atoms with E-state index in [1.807, 2.05) is 24.3 Å². The van der Waals surface area contributed by atoms with Crippen LogP contribution >= 0.6 is 11.6 Å². The lowest BCUT2D eigenvalue weighted by Crippen LogP contribution is -2.26. The molecule has 0 saturated carbocycles. The molecule has 0 amide bonds. The number of halogens is 1. The summed E-state index contributed by atoms with van der Waals surface area (Å²) in [7, 11) is 1.62. The van der Waals surface area contributed by atoms with Crippen LogP contribution in [0.5, 0.6) is 0 Å². The van der Waals surface area contributed by atoms with Gasteiger partial charge in [-0.15, -0.1) is 0 Å². The molecule has 1 rings (SSSR count). The Morgan fingerprint density at radius 1 is 1.38 bits per heavy atom. The largest absolute Gasteiger partial charge is 0.392 e. The monoisotopic (exact) mass is 243 g/mol. The first-order valence-electron chi connectivity index (χ1n) is 5.31. The zero-order valence-corrected chi connectivity index (χ0v) is 10.2. The van der Waals surface area contributed by atoms with Crippen molar-refractivity contribution in [3.05, 3.63) is 34.9 Å². The zero-order chi connectivity index (χ0) is 12.0. The molecule has 0 aliphatic carbocycles. The molecule has 0 bridgehead atoms.